The van der Waals surface area contributed by atoms with Crippen molar-refractivity contribution in [3.8, 4) is 11.3 Å². The van der Waals surface area contributed by atoms with Crippen LogP contribution in [0.1, 0.15) is 0 Å². The molecule has 1 heterocycles. The Morgan fingerprint density at radius 1 is 0.952 bits per heavy atom. The van der Waals surface area contributed by atoms with E-state index < -0.39 is 0 Å². The highest BCUT2D eigenvalue weighted by Crippen LogP contribution is 2.16. The predicted octanol–water partition coefficient (Wildman–Crippen LogP) is 3.19. The van der Waals surface area contributed by atoms with Gasteiger partial charge in [-0.25, -0.2) is 0 Å². The minimum Gasteiger partial charge on any atom is -0.340 e. The molecule has 0 amide bonds. The van der Waals surface area contributed by atoms with Crippen molar-refractivity contribution in [3.63, 3.8) is 0 Å². The van der Waals surface area contributed by atoms with Crippen molar-refractivity contribution >= 4 is 11.5 Å². The van der Waals surface area contributed by atoms with Crippen molar-refractivity contribution in [1.82, 2.24) is 9.78 Å². The van der Waals surface area contributed by atoms with Crippen molar-refractivity contribution in [2.45, 2.75) is 0 Å². The molecule has 0 bridgehead atoms. The van der Waals surface area contributed by atoms with Crippen LogP contribution in [0.3, 0.4) is 0 Å². The Hall–Kier alpha value is -2.88. The van der Waals surface area contributed by atoms with Crippen LogP contribution in [0, 0.1) is 0 Å². The van der Waals surface area contributed by atoms with E-state index in [1.54, 1.807) is 10.7 Å². The molecular formula is C17H15N3O. The monoisotopic (exact) mass is 277 g/mol. The van der Waals surface area contributed by atoms with E-state index in [1.165, 1.54) is 0 Å². The highest BCUT2D eigenvalue weighted by atomic mass is 16.1. The molecule has 4 heteroatoms. The summed E-state index contributed by atoms with van der Waals surface area (Å²) in [5, 5.41) is 7.57. The van der Waals surface area contributed by atoms with Crippen LogP contribution >= 0.6 is 0 Å². The maximum absolute atomic E-state index is 12.3. The smallest absolute Gasteiger partial charge is 0.210 e. The second-order valence-electron chi connectivity index (χ2n) is 4.72. The standard InChI is InChI=1S/C17H15N3O/c1-20-16(18-14-10-6-3-7-11-14)12-15(21)17(19-20)13-8-4-2-5-9-13/h2-12,18H,1H3. The van der Waals surface area contributed by atoms with E-state index in [0.29, 0.717) is 11.5 Å². The SMILES string of the molecule is Cn1nc(-c2ccccc2)c(=O)cc1Nc1ccccc1. The number of nitrogens with one attached hydrogen (secondary N) is 1. The summed E-state index contributed by atoms with van der Waals surface area (Å²) >= 11 is 0. The molecule has 2 aromatic carbocycles. The lowest BCUT2D eigenvalue weighted by molar-refractivity contribution is 0.750. The minimum absolute atomic E-state index is 0.0993. The second kappa shape index (κ2) is 5.63. The van der Waals surface area contributed by atoms with Crippen LogP contribution in [0.15, 0.2) is 71.5 Å². The molecule has 104 valence electrons. The van der Waals surface area contributed by atoms with E-state index in [4.69, 9.17) is 0 Å². The highest BCUT2D eigenvalue weighted by molar-refractivity contribution is 5.61. The molecule has 0 radical (unpaired) electrons. The van der Waals surface area contributed by atoms with Gasteiger partial charge < -0.3 is 5.32 Å². The zero-order valence-corrected chi connectivity index (χ0v) is 11.7. The lowest BCUT2D eigenvalue weighted by Gasteiger charge is -2.11. The number of aromatic nitrogens is 2. The maximum atomic E-state index is 12.3. The molecule has 3 rings (SSSR count). The van der Waals surface area contributed by atoms with Crippen molar-refractivity contribution in [2.24, 2.45) is 7.05 Å². The fourth-order valence-electron chi connectivity index (χ4n) is 2.12. The Kier molecular flexibility index (Phi) is 3.51. The number of anilines is 2. The van der Waals surface area contributed by atoms with E-state index in [2.05, 4.69) is 10.4 Å². The molecule has 3 aromatic rings. The van der Waals surface area contributed by atoms with Crippen molar-refractivity contribution in [3.05, 3.63) is 77.0 Å². The zero-order chi connectivity index (χ0) is 14.7. The topological polar surface area (TPSA) is 46.9 Å². The molecular weight excluding hydrogens is 262 g/mol. The molecule has 0 aliphatic carbocycles. The molecule has 0 saturated carbocycles. The lowest BCUT2D eigenvalue weighted by atomic mass is 10.1. The van der Waals surface area contributed by atoms with Crippen LogP contribution in [0.25, 0.3) is 11.3 Å². The number of para-hydroxylation sites is 1. The summed E-state index contributed by atoms with van der Waals surface area (Å²) in [5.41, 5.74) is 2.10. The molecule has 21 heavy (non-hydrogen) atoms. The van der Waals surface area contributed by atoms with E-state index in [0.717, 1.165) is 11.3 Å². The fourth-order valence-corrected chi connectivity index (χ4v) is 2.12. The summed E-state index contributed by atoms with van der Waals surface area (Å²) in [4.78, 5) is 12.3. The Bertz CT molecular complexity index is 795. The number of rotatable bonds is 3. The van der Waals surface area contributed by atoms with Gasteiger partial charge in [0.15, 0.2) is 0 Å². The Morgan fingerprint density at radius 2 is 1.57 bits per heavy atom. The summed E-state index contributed by atoms with van der Waals surface area (Å²) < 4.78 is 1.68. The number of nitrogens with zero attached hydrogens (tertiary/aromatic N) is 2. The van der Waals surface area contributed by atoms with E-state index >= 15 is 0 Å². The van der Waals surface area contributed by atoms with E-state index in [9.17, 15) is 4.79 Å². The van der Waals surface area contributed by atoms with Crippen LogP contribution in [0.4, 0.5) is 11.5 Å². The molecule has 0 unspecified atom stereocenters. The molecule has 0 fully saturated rings. The van der Waals surface area contributed by atoms with Gasteiger partial charge >= 0.3 is 0 Å². The molecule has 0 atom stereocenters. The van der Waals surface area contributed by atoms with Gasteiger partial charge in [-0.3, -0.25) is 9.48 Å². The number of hydrogen-bond acceptors (Lipinski definition) is 3. The van der Waals surface area contributed by atoms with Gasteiger partial charge in [0.25, 0.3) is 0 Å². The van der Waals surface area contributed by atoms with Gasteiger partial charge in [-0.05, 0) is 12.1 Å². The van der Waals surface area contributed by atoms with Crippen LogP contribution in [0.5, 0.6) is 0 Å². The molecule has 0 aliphatic rings. The first-order valence-electron chi connectivity index (χ1n) is 6.70. The average molecular weight is 277 g/mol. The van der Waals surface area contributed by atoms with Gasteiger partial charge in [-0.15, -0.1) is 0 Å². The third kappa shape index (κ3) is 2.84. The van der Waals surface area contributed by atoms with Crippen LogP contribution < -0.4 is 10.7 Å². The van der Waals surface area contributed by atoms with Crippen molar-refractivity contribution in [2.75, 3.05) is 5.32 Å². The van der Waals surface area contributed by atoms with Gasteiger partial charge in [0.1, 0.15) is 11.5 Å². The number of benzene rings is 2. The summed E-state index contributed by atoms with van der Waals surface area (Å²) in [6.07, 6.45) is 0. The molecule has 0 spiro atoms. The Balaban J connectivity index is 1.99. The highest BCUT2D eigenvalue weighted by Gasteiger charge is 2.08. The zero-order valence-electron chi connectivity index (χ0n) is 11.7. The number of aryl methyl sites for hydroxylation is 1. The first kappa shape index (κ1) is 13.1. The largest absolute Gasteiger partial charge is 0.340 e. The molecule has 1 aromatic heterocycles. The minimum atomic E-state index is -0.0993. The quantitative estimate of drug-likeness (QED) is 0.799. The first-order valence-corrected chi connectivity index (χ1v) is 6.70. The van der Waals surface area contributed by atoms with Gasteiger partial charge in [-0.2, -0.15) is 5.10 Å². The molecule has 0 saturated heterocycles. The van der Waals surface area contributed by atoms with Crippen LogP contribution in [-0.4, -0.2) is 9.78 Å². The summed E-state index contributed by atoms with van der Waals surface area (Å²) in [6, 6.07) is 20.7. The summed E-state index contributed by atoms with van der Waals surface area (Å²) in [5.74, 6) is 0.658. The predicted molar refractivity (Wildman–Crippen MR) is 84.6 cm³/mol. The lowest BCUT2D eigenvalue weighted by Crippen LogP contribution is -2.15. The van der Waals surface area contributed by atoms with Crippen molar-refractivity contribution in [1.29, 1.82) is 0 Å². The Morgan fingerprint density at radius 3 is 2.24 bits per heavy atom. The van der Waals surface area contributed by atoms with Gasteiger partial charge in [0.2, 0.25) is 5.43 Å². The van der Waals surface area contributed by atoms with Crippen molar-refractivity contribution < 1.29 is 0 Å². The van der Waals surface area contributed by atoms with Gasteiger partial charge in [-0.1, -0.05) is 48.5 Å². The summed E-state index contributed by atoms with van der Waals surface area (Å²) in [7, 11) is 1.82. The molecule has 4 nitrogen and oxygen atoms in total. The normalized spacial score (nSPS) is 10.3. The third-order valence-corrected chi connectivity index (χ3v) is 3.19. The van der Waals surface area contributed by atoms with E-state index in [1.807, 2.05) is 67.7 Å². The Labute approximate surface area is 122 Å². The van der Waals surface area contributed by atoms with E-state index in [-0.39, 0.29) is 5.43 Å². The van der Waals surface area contributed by atoms with Gasteiger partial charge in [0.05, 0.1) is 0 Å². The summed E-state index contributed by atoms with van der Waals surface area (Å²) in [6.45, 7) is 0. The average Bonchev–Trinajstić information content (AvgIpc) is 2.52. The molecule has 0 aliphatic heterocycles. The second-order valence-corrected chi connectivity index (χ2v) is 4.72. The van der Waals surface area contributed by atoms with Gasteiger partial charge in [0, 0.05) is 24.4 Å². The number of hydrogen-bond donors (Lipinski definition) is 1. The first-order chi connectivity index (χ1) is 10.2. The molecule has 1 N–H and O–H groups in total. The van der Waals surface area contributed by atoms with Crippen LogP contribution in [-0.2, 0) is 7.05 Å². The van der Waals surface area contributed by atoms with Crippen LogP contribution in [0.2, 0.25) is 0 Å². The maximum Gasteiger partial charge on any atom is 0.210 e. The third-order valence-electron chi connectivity index (χ3n) is 3.19. The fraction of sp³-hybridized carbons (Fsp3) is 0.0588.